The third-order valence-electron chi connectivity index (χ3n) is 1.89. The van der Waals surface area contributed by atoms with E-state index in [1.54, 1.807) is 24.3 Å². The van der Waals surface area contributed by atoms with Crippen LogP contribution >= 0.6 is 15.9 Å². The standard InChI is InChI=1S/C9H8BrN3O3S/c10-7-1-3-8(4-2-7)12-13-17(14,15)9-5-11-16-6-9/h1-6,12-13H. The first-order chi connectivity index (χ1) is 8.08. The minimum atomic E-state index is -3.65. The number of sulfonamides is 1. The molecule has 0 atom stereocenters. The van der Waals surface area contributed by atoms with E-state index in [1.165, 1.54) is 0 Å². The molecule has 2 rings (SSSR count). The Morgan fingerprint density at radius 3 is 2.53 bits per heavy atom. The van der Waals surface area contributed by atoms with Crippen molar-refractivity contribution in [2.75, 3.05) is 5.43 Å². The SMILES string of the molecule is O=S(=O)(NNc1ccc(Br)cc1)c1cnoc1. The van der Waals surface area contributed by atoms with Crippen LogP contribution in [0.1, 0.15) is 0 Å². The third-order valence-corrected chi connectivity index (χ3v) is 3.62. The van der Waals surface area contributed by atoms with Crippen molar-refractivity contribution in [1.82, 2.24) is 9.99 Å². The Kier molecular flexibility index (Phi) is 3.46. The van der Waals surface area contributed by atoms with E-state index < -0.39 is 10.0 Å². The summed E-state index contributed by atoms with van der Waals surface area (Å²) < 4.78 is 28.7. The molecule has 1 aromatic heterocycles. The summed E-state index contributed by atoms with van der Waals surface area (Å²) in [5.41, 5.74) is 3.19. The fourth-order valence-corrected chi connectivity index (χ4v) is 2.03. The van der Waals surface area contributed by atoms with E-state index in [0.717, 1.165) is 16.9 Å². The monoisotopic (exact) mass is 317 g/mol. The lowest BCUT2D eigenvalue weighted by Gasteiger charge is -2.07. The molecule has 6 nitrogen and oxygen atoms in total. The van der Waals surface area contributed by atoms with Crippen LogP contribution in [-0.2, 0) is 10.0 Å². The fourth-order valence-electron chi connectivity index (χ4n) is 1.05. The van der Waals surface area contributed by atoms with Gasteiger partial charge in [0.25, 0.3) is 10.0 Å². The quantitative estimate of drug-likeness (QED) is 0.839. The zero-order valence-corrected chi connectivity index (χ0v) is 10.8. The van der Waals surface area contributed by atoms with Gasteiger partial charge < -0.3 is 9.95 Å². The van der Waals surface area contributed by atoms with Gasteiger partial charge in [-0.3, -0.25) is 0 Å². The van der Waals surface area contributed by atoms with E-state index >= 15 is 0 Å². The van der Waals surface area contributed by atoms with E-state index in [9.17, 15) is 8.42 Å². The van der Waals surface area contributed by atoms with Crippen LogP contribution in [0.25, 0.3) is 0 Å². The molecule has 1 heterocycles. The van der Waals surface area contributed by atoms with Crippen LogP contribution in [0.4, 0.5) is 5.69 Å². The number of nitrogens with zero attached hydrogens (tertiary/aromatic N) is 1. The maximum atomic E-state index is 11.7. The minimum Gasteiger partial charge on any atom is -0.363 e. The number of benzene rings is 1. The lowest BCUT2D eigenvalue weighted by molar-refractivity contribution is 0.417. The van der Waals surface area contributed by atoms with Crippen molar-refractivity contribution in [3.8, 4) is 0 Å². The predicted octanol–water partition coefficient (Wildman–Crippen LogP) is 1.74. The fraction of sp³-hybridized carbons (Fsp3) is 0. The summed E-state index contributed by atoms with van der Waals surface area (Å²) in [6.45, 7) is 0. The molecule has 17 heavy (non-hydrogen) atoms. The molecule has 0 radical (unpaired) electrons. The smallest absolute Gasteiger partial charge is 0.262 e. The summed E-state index contributed by atoms with van der Waals surface area (Å²) in [7, 11) is -3.65. The number of aromatic nitrogens is 1. The van der Waals surface area contributed by atoms with Crippen molar-refractivity contribution in [3.63, 3.8) is 0 Å². The van der Waals surface area contributed by atoms with Gasteiger partial charge in [0.2, 0.25) is 0 Å². The zero-order chi connectivity index (χ0) is 12.3. The lowest BCUT2D eigenvalue weighted by Crippen LogP contribution is -2.29. The molecular formula is C9H8BrN3O3S. The van der Waals surface area contributed by atoms with Crippen molar-refractivity contribution in [2.45, 2.75) is 4.90 Å². The molecule has 2 N–H and O–H groups in total. The van der Waals surface area contributed by atoms with Gasteiger partial charge in [-0.25, -0.2) is 8.42 Å². The number of hydrogen-bond donors (Lipinski definition) is 2. The molecule has 0 amide bonds. The van der Waals surface area contributed by atoms with Crippen LogP contribution in [0.5, 0.6) is 0 Å². The summed E-state index contributed by atoms with van der Waals surface area (Å²) in [5.74, 6) is 0. The van der Waals surface area contributed by atoms with Crippen LogP contribution in [0.3, 0.4) is 0 Å². The van der Waals surface area contributed by atoms with Gasteiger partial charge in [0.15, 0.2) is 0 Å². The number of hydrazine groups is 1. The van der Waals surface area contributed by atoms with Gasteiger partial charge in [-0.15, -0.1) is 4.83 Å². The average molecular weight is 318 g/mol. The Morgan fingerprint density at radius 2 is 1.94 bits per heavy atom. The second-order valence-electron chi connectivity index (χ2n) is 3.10. The summed E-state index contributed by atoms with van der Waals surface area (Å²) in [4.78, 5) is 2.16. The first-order valence-corrected chi connectivity index (χ1v) is 6.78. The molecule has 0 bridgehead atoms. The normalized spacial score (nSPS) is 11.4. The summed E-state index contributed by atoms with van der Waals surface area (Å²) in [6, 6.07) is 7.02. The van der Waals surface area contributed by atoms with E-state index in [1.807, 2.05) is 0 Å². The van der Waals surface area contributed by atoms with Crippen LogP contribution in [0.15, 0.2) is 50.6 Å². The van der Waals surface area contributed by atoms with Crippen LogP contribution in [0, 0.1) is 0 Å². The molecule has 0 aliphatic rings. The third kappa shape index (κ3) is 3.05. The van der Waals surface area contributed by atoms with Gasteiger partial charge >= 0.3 is 0 Å². The molecule has 8 heteroatoms. The number of hydrogen-bond acceptors (Lipinski definition) is 5. The van der Waals surface area contributed by atoms with Crippen molar-refractivity contribution < 1.29 is 12.9 Å². The van der Waals surface area contributed by atoms with Crippen molar-refractivity contribution in [2.24, 2.45) is 0 Å². The summed E-state index contributed by atoms with van der Waals surface area (Å²) in [6.07, 6.45) is 2.16. The van der Waals surface area contributed by atoms with Gasteiger partial charge in [-0.2, -0.15) is 0 Å². The van der Waals surface area contributed by atoms with Gasteiger partial charge in [-0.1, -0.05) is 21.1 Å². The molecule has 0 spiro atoms. The molecule has 0 aliphatic carbocycles. The van der Waals surface area contributed by atoms with Crippen molar-refractivity contribution in [1.29, 1.82) is 0 Å². The van der Waals surface area contributed by atoms with E-state index in [4.69, 9.17) is 0 Å². The Morgan fingerprint density at radius 1 is 1.24 bits per heavy atom. The zero-order valence-electron chi connectivity index (χ0n) is 8.42. The molecule has 2 aromatic rings. The Hall–Kier alpha value is -1.38. The molecule has 90 valence electrons. The Balaban J connectivity index is 2.06. The van der Waals surface area contributed by atoms with Gasteiger partial charge in [-0.05, 0) is 24.3 Å². The highest BCUT2D eigenvalue weighted by atomic mass is 79.9. The maximum Gasteiger partial charge on any atom is 0.262 e. The molecular weight excluding hydrogens is 310 g/mol. The number of nitrogens with one attached hydrogen (secondary N) is 2. The summed E-state index contributed by atoms with van der Waals surface area (Å²) in [5, 5.41) is 3.33. The minimum absolute atomic E-state index is 0.0397. The summed E-state index contributed by atoms with van der Waals surface area (Å²) >= 11 is 3.28. The van der Waals surface area contributed by atoms with E-state index in [-0.39, 0.29) is 4.90 Å². The van der Waals surface area contributed by atoms with E-state index in [0.29, 0.717) is 5.69 Å². The first kappa shape index (κ1) is 12.1. The average Bonchev–Trinajstić information content (AvgIpc) is 2.82. The molecule has 1 aromatic carbocycles. The van der Waals surface area contributed by atoms with Crippen LogP contribution < -0.4 is 10.3 Å². The van der Waals surface area contributed by atoms with E-state index in [2.05, 4.69) is 35.9 Å². The highest BCUT2D eigenvalue weighted by Crippen LogP contribution is 2.14. The molecule has 0 aliphatic heterocycles. The van der Waals surface area contributed by atoms with Crippen LogP contribution in [0.2, 0.25) is 0 Å². The molecule has 0 saturated carbocycles. The van der Waals surface area contributed by atoms with Crippen molar-refractivity contribution in [3.05, 3.63) is 41.2 Å². The highest BCUT2D eigenvalue weighted by molar-refractivity contribution is 9.10. The van der Waals surface area contributed by atoms with Crippen LogP contribution in [-0.4, -0.2) is 13.6 Å². The second-order valence-corrected chi connectivity index (χ2v) is 5.70. The first-order valence-electron chi connectivity index (χ1n) is 4.51. The number of rotatable bonds is 4. The Bertz CT molecular complexity index is 580. The lowest BCUT2D eigenvalue weighted by atomic mass is 10.3. The van der Waals surface area contributed by atoms with Gasteiger partial charge in [0.1, 0.15) is 11.2 Å². The highest BCUT2D eigenvalue weighted by Gasteiger charge is 2.15. The van der Waals surface area contributed by atoms with Gasteiger partial charge in [0.05, 0.1) is 6.20 Å². The molecule has 0 fully saturated rings. The second kappa shape index (κ2) is 4.86. The maximum absolute atomic E-state index is 11.7. The number of halogens is 1. The largest absolute Gasteiger partial charge is 0.363 e. The van der Waals surface area contributed by atoms with Crippen molar-refractivity contribution >= 4 is 31.6 Å². The predicted molar refractivity (Wildman–Crippen MR) is 64.6 cm³/mol. The Labute approximate surface area is 106 Å². The van der Waals surface area contributed by atoms with Gasteiger partial charge in [0, 0.05) is 10.2 Å². The molecule has 0 saturated heterocycles. The molecule has 0 unspecified atom stereocenters. The number of anilines is 1. The topological polar surface area (TPSA) is 84.2 Å².